The van der Waals surface area contributed by atoms with Crippen LogP contribution in [0.3, 0.4) is 0 Å². The minimum Gasteiger partial charge on any atom is -0.328 e. The summed E-state index contributed by atoms with van der Waals surface area (Å²) < 4.78 is 0. The summed E-state index contributed by atoms with van der Waals surface area (Å²) in [5.74, 6) is 4.57. The molecule has 23 heavy (non-hydrogen) atoms. The third-order valence-corrected chi connectivity index (χ3v) is 9.41. The molecule has 0 bridgehead atoms. The highest BCUT2D eigenvalue weighted by Crippen LogP contribution is 2.67. The van der Waals surface area contributed by atoms with E-state index in [0.29, 0.717) is 22.9 Å². The summed E-state index contributed by atoms with van der Waals surface area (Å²) >= 11 is 0. The molecule has 0 spiro atoms. The van der Waals surface area contributed by atoms with E-state index in [1.165, 1.54) is 57.8 Å². The fraction of sp³-hybridized carbons (Fsp3) is 1.00. The smallest absolute Gasteiger partial charge is 0.00440 e. The van der Waals surface area contributed by atoms with E-state index in [1.54, 1.807) is 0 Å². The van der Waals surface area contributed by atoms with E-state index in [4.69, 9.17) is 11.5 Å². The molecule has 0 heterocycles. The van der Waals surface area contributed by atoms with Crippen molar-refractivity contribution >= 4 is 0 Å². The fourth-order valence-corrected chi connectivity index (χ4v) is 8.20. The lowest BCUT2D eigenvalue weighted by Crippen LogP contribution is -2.55. The summed E-state index contributed by atoms with van der Waals surface area (Å²) in [4.78, 5) is 0. The number of fused-ring (bicyclic) bond motifs is 5. The van der Waals surface area contributed by atoms with Gasteiger partial charge in [-0.3, -0.25) is 0 Å². The van der Waals surface area contributed by atoms with Crippen LogP contribution >= 0.6 is 0 Å². The number of nitrogens with two attached hydrogens (primary N) is 2. The Balaban J connectivity index is 1.60. The molecule has 0 unspecified atom stereocenters. The molecule has 4 aliphatic rings. The maximum atomic E-state index is 6.39. The maximum absolute atomic E-state index is 6.39. The first-order chi connectivity index (χ1) is 10.9. The van der Waals surface area contributed by atoms with E-state index < -0.39 is 0 Å². The Kier molecular flexibility index (Phi) is 3.89. The van der Waals surface area contributed by atoms with Crippen molar-refractivity contribution in [2.45, 2.75) is 90.6 Å². The van der Waals surface area contributed by atoms with Gasteiger partial charge in [0.1, 0.15) is 0 Å². The number of hydrogen-bond acceptors (Lipinski definition) is 2. The van der Waals surface area contributed by atoms with E-state index in [0.717, 1.165) is 29.6 Å². The molecule has 4 aliphatic carbocycles. The lowest BCUT2D eigenvalue weighted by atomic mass is 9.44. The summed E-state index contributed by atoms with van der Waals surface area (Å²) in [6.45, 7) is 7.49. The minimum absolute atomic E-state index is 0.376. The molecule has 2 nitrogen and oxygen atoms in total. The first-order valence-electron chi connectivity index (χ1n) is 10.4. The third-order valence-electron chi connectivity index (χ3n) is 9.41. The Morgan fingerprint density at radius 3 is 2.30 bits per heavy atom. The van der Waals surface area contributed by atoms with Crippen LogP contribution in [0, 0.1) is 40.4 Å². The summed E-state index contributed by atoms with van der Waals surface area (Å²) in [6.07, 6.45) is 12.6. The van der Waals surface area contributed by atoms with Gasteiger partial charge < -0.3 is 11.5 Å². The van der Waals surface area contributed by atoms with Crippen LogP contribution in [0.15, 0.2) is 0 Å². The van der Waals surface area contributed by atoms with Crippen LogP contribution in [0.25, 0.3) is 0 Å². The summed E-state index contributed by atoms with van der Waals surface area (Å²) in [5.41, 5.74) is 13.8. The predicted octanol–water partition coefficient (Wildman–Crippen LogP) is 4.32. The molecule has 4 fully saturated rings. The first-order valence-corrected chi connectivity index (χ1v) is 10.4. The molecule has 0 aromatic heterocycles. The highest BCUT2D eigenvalue weighted by atomic mass is 14.7. The Morgan fingerprint density at radius 2 is 1.57 bits per heavy atom. The van der Waals surface area contributed by atoms with Crippen LogP contribution in [0.4, 0.5) is 0 Å². The Morgan fingerprint density at radius 1 is 0.870 bits per heavy atom. The van der Waals surface area contributed by atoms with Crippen molar-refractivity contribution in [3.05, 3.63) is 0 Å². The fourth-order valence-electron chi connectivity index (χ4n) is 8.20. The summed E-state index contributed by atoms with van der Waals surface area (Å²) in [6, 6.07) is 0.855. The van der Waals surface area contributed by atoms with Gasteiger partial charge in [-0.05, 0) is 105 Å². The quantitative estimate of drug-likeness (QED) is 0.756. The minimum atomic E-state index is 0.376. The summed E-state index contributed by atoms with van der Waals surface area (Å²) in [5, 5.41) is 0. The maximum Gasteiger partial charge on any atom is 0.00440 e. The zero-order valence-corrected chi connectivity index (χ0v) is 15.6. The normalized spacial score (nSPS) is 57.3. The van der Waals surface area contributed by atoms with Crippen molar-refractivity contribution in [3.8, 4) is 0 Å². The van der Waals surface area contributed by atoms with Crippen molar-refractivity contribution in [2.24, 2.45) is 51.9 Å². The standard InChI is InChI=1S/C21H38N2/c1-13(22)17-6-7-18-16-5-4-14-12-15(23)8-10-20(14,2)19(16)9-11-21(17,18)3/h13-19H,4-12,22-23H2,1-3H3/t13-,14-,15-,16-,17+,18-,19-,20-,21+/m0/s1. The predicted molar refractivity (Wildman–Crippen MR) is 96.8 cm³/mol. The Labute approximate surface area is 143 Å². The molecule has 0 radical (unpaired) electrons. The van der Waals surface area contributed by atoms with Crippen molar-refractivity contribution in [1.29, 1.82) is 0 Å². The van der Waals surface area contributed by atoms with Gasteiger partial charge in [0.25, 0.3) is 0 Å². The molecule has 4 N–H and O–H groups in total. The molecule has 4 rings (SSSR count). The van der Waals surface area contributed by atoms with Gasteiger partial charge in [0.2, 0.25) is 0 Å². The van der Waals surface area contributed by atoms with Crippen LogP contribution in [-0.4, -0.2) is 12.1 Å². The second-order valence-electron chi connectivity index (χ2n) is 10.3. The summed E-state index contributed by atoms with van der Waals surface area (Å²) in [7, 11) is 0. The highest BCUT2D eigenvalue weighted by molar-refractivity contribution is 5.10. The van der Waals surface area contributed by atoms with E-state index >= 15 is 0 Å². The Bertz CT molecular complexity index is 461. The molecule has 0 saturated heterocycles. The first kappa shape index (κ1) is 16.4. The van der Waals surface area contributed by atoms with Gasteiger partial charge >= 0.3 is 0 Å². The monoisotopic (exact) mass is 318 g/mol. The van der Waals surface area contributed by atoms with Gasteiger partial charge in [-0.2, -0.15) is 0 Å². The van der Waals surface area contributed by atoms with Crippen molar-refractivity contribution < 1.29 is 0 Å². The average molecular weight is 319 g/mol. The SMILES string of the molecule is C[C@H](N)[C@H]1CC[C@H]2[C@@H]3CC[C@H]4C[C@@H](N)CC[C@]4(C)[C@H]3CC[C@]12C. The van der Waals surface area contributed by atoms with E-state index in [1.807, 2.05) is 0 Å². The van der Waals surface area contributed by atoms with E-state index in [9.17, 15) is 0 Å². The highest BCUT2D eigenvalue weighted by Gasteiger charge is 2.60. The molecule has 9 atom stereocenters. The van der Waals surface area contributed by atoms with Crippen molar-refractivity contribution in [2.75, 3.05) is 0 Å². The number of hydrogen-bond donors (Lipinski definition) is 2. The van der Waals surface area contributed by atoms with E-state index in [-0.39, 0.29) is 0 Å². The Hall–Kier alpha value is -0.0800. The van der Waals surface area contributed by atoms with Crippen molar-refractivity contribution in [1.82, 2.24) is 0 Å². The van der Waals surface area contributed by atoms with E-state index in [2.05, 4.69) is 20.8 Å². The van der Waals surface area contributed by atoms with Crippen LogP contribution in [0.5, 0.6) is 0 Å². The molecule has 0 amide bonds. The van der Waals surface area contributed by atoms with Crippen molar-refractivity contribution in [3.63, 3.8) is 0 Å². The number of rotatable bonds is 1. The third kappa shape index (κ3) is 2.27. The lowest BCUT2D eigenvalue weighted by molar-refractivity contribution is -0.114. The zero-order valence-electron chi connectivity index (χ0n) is 15.6. The van der Waals surface area contributed by atoms with Gasteiger partial charge in [-0.1, -0.05) is 13.8 Å². The molecule has 132 valence electrons. The molecule has 0 aliphatic heterocycles. The van der Waals surface area contributed by atoms with Gasteiger partial charge in [0.05, 0.1) is 0 Å². The topological polar surface area (TPSA) is 52.0 Å². The van der Waals surface area contributed by atoms with Crippen LogP contribution in [-0.2, 0) is 0 Å². The van der Waals surface area contributed by atoms with Crippen LogP contribution in [0.2, 0.25) is 0 Å². The van der Waals surface area contributed by atoms with Crippen LogP contribution in [0.1, 0.15) is 78.6 Å². The molecular weight excluding hydrogens is 280 g/mol. The van der Waals surface area contributed by atoms with Crippen LogP contribution < -0.4 is 11.5 Å². The van der Waals surface area contributed by atoms with Gasteiger partial charge in [0.15, 0.2) is 0 Å². The molecule has 0 aromatic carbocycles. The zero-order chi connectivity index (χ0) is 16.4. The molecule has 0 aromatic rings. The van der Waals surface area contributed by atoms with Gasteiger partial charge in [-0.15, -0.1) is 0 Å². The van der Waals surface area contributed by atoms with Gasteiger partial charge in [0, 0.05) is 12.1 Å². The average Bonchev–Trinajstić information content (AvgIpc) is 2.85. The molecule has 4 saturated carbocycles. The second kappa shape index (κ2) is 5.46. The van der Waals surface area contributed by atoms with Gasteiger partial charge in [-0.25, -0.2) is 0 Å². The lowest BCUT2D eigenvalue weighted by Gasteiger charge is -2.61. The molecular formula is C21H38N2. The second-order valence-corrected chi connectivity index (χ2v) is 10.3. The largest absolute Gasteiger partial charge is 0.328 e. The molecule has 2 heteroatoms.